The molecule has 1 heterocycles. The molecule has 4 N–H and O–H groups in total. The fraction of sp³-hybridized carbons (Fsp3) is 0.474. The molecule has 0 aromatic heterocycles. The number of nitrogens with one attached hydrogen (secondary N) is 2. The third-order valence-corrected chi connectivity index (χ3v) is 5.09. The average molecular weight is 488 g/mol. The maximum Gasteiger partial charge on any atom is 0.552 e. The van der Waals surface area contributed by atoms with Crippen LogP contribution in [0.15, 0.2) is 18.2 Å². The van der Waals surface area contributed by atoms with Gasteiger partial charge in [0, 0.05) is 5.02 Å². The highest BCUT2D eigenvalue weighted by Gasteiger charge is 2.48. The number of rotatable bonds is 8. The van der Waals surface area contributed by atoms with Crippen molar-refractivity contribution >= 4 is 54.1 Å². The number of ether oxygens (including phenoxy) is 1. The Labute approximate surface area is 195 Å². The second kappa shape index (κ2) is 11.5. The summed E-state index contributed by atoms with van der Waals surface area (Å²) in [5.74, 6) is -3.60. The van der Waals surface area contributed by atoms with Crippen LogP contribution in [0.5, 0.6) is 0 Å². The molecule has 2 amide bonds. The molecule has 0 saturated carbocycles. The Hall–Kier alpha value is -2.34. The van der Waals surface area contributed by atoms with E-state index in [2.05, 4.69) is 15.4 Å². The van der Waals surface area contributed by atoms with E-state index in [0.717, 1.165) is 7.11 Å². The zero-order valence-electron chi connectivity index (χ0n) is 17.7. The molecule has 0 aliphatic carbocycles. The number of nitrogens with two attached hydrogens (primary N) is 1. The van der Waals surface area contributed by atoms with Gasteiger partial charge in [-0.15, -0.1) is 0 Å². The quantitative estimate of drug-likeness (QED) is 0.359. The smallest absolute Gasteiger partial charge is 0.507 e. The summed E-state index contributed by atoms with van der Waals surface area (Å²) in [6, 6.07) is 3.03. The molecule has 0 unspecified atom stereocenters. The highest BCUT2D eigenvalue weighted by atomic mass is 35.5. The van der Waals surface area contributed by atoms with Gasteiger partial charge in [-0.25, -0.2) is 4.79 Å². The summed E-state index contributed by atoms with van der Waals surface area (Å²) in [5, 5.41) is 5.59. The monoisotopic (exact) mass is 487 g/mol. The van der Waals surface area contributed by atoms with Gasteiger partial charge in [0.05, 0.1) is 30.2 Å². The van der Waals surface area contributed by atoms with Crippen LogP contribution < -0.4 is 16.4 Å². The first kappa shape index (κ1) is 25.9. The van der Waals surface area contributed by atoms with E-state index in [1.165, 1.54) is 18.2 Å². The van der Waals surface area contributed by atoms with E-state index in [0.29, 0.717) is 11.4 Å². The molecule has 32 heavy (non-hydrogen) atoms. The molecule has 2 rings (SSSR count). The maximum absolute atomic E-state index is 12.5. The summed E-state index contributed by atoms with van der Waals surface area (Å²) in [6.45, 7) is 3.38. The first-order chi connectivity index (χ1) is 15.0. The third kappa shape index (κ3) is 6.83. The Kier molecular flexibility index (Phi) is 9.32. The molecule has 1 aromatic carbocycles. The number of halogens is 2. The summed E-state index contributed by atoms with van der Waals surface area (Å²) in [6.07, 6.45) is -1.02. The van der Waals surface area contributed by atoms with E-state index in [-0.39, 0.29) is 16.5 Å². The summed E-state index contributed by atoms with van der Waals surface area (Å²) in [7, 11) is -0.133. The van der Waals surface area contributed by atoms with Crippen molar-refractivity contribution in [2.45, 2.75) is 38.4 Å². The van der Waals surface area contributed by atoms with Crippen LogP contribution in [0.4, 0.5) is 0 Å². The number of methoxy groups -OCH3 is 1. The van der Waals surface area contributed by atoms with E-state index in [1.54, 1.807) is 0 Å². The molecule has 1 saturated heterocycles. The number of hydrogen-bond donors (Lipinski definition) is 3. The largest absolute Gasteiger partial charge is 0.552 e. The van der Waals surface area contributed by atoms with Crippen molar-refractivity contribution in [3.63, 3.8) is 0 Å². The summed E-state index contributed by atoms with van der Waals surface area (Å²) in [5.41, 5.74) is 5.78. The Morgan fingerprint density at radius 2 is 1.97 bits per heavy atom. The van der Waals surface area contributed by atoms with Gasteiger partial charge in [0.25, 0.3) is 5.91 Å². The number of hydrogen-bond acceptors (Lipinski definition) is 8. The normalized spacial score (nSPS) is 19.2. The van der Waals surface area contributed by atoms with Crippen LogP contribution in [0.3, 0.4) is 0 Å². The topological polar surface area (TPSA) is 146 Å². The highest BCUT2D eigenvalue weighted by molar-refractivity contribution is 6.50. The van der Waals surface area contributed by atoms with Gasteiger partial charge in [-0.05, 0) is 30.5 Å². The van der Waals surface area contributed by atoms with Crippen molar-refractivity contribution in [3.05, 3.63) is 33.8 Å². The molecule has 1 aliphatic heterocycles. The molecule has 174 valence electrons. The predicted molar refractivity (Wildman–Crippen MR) is 117 cm³/mol. The predicted octanol–water partition coefficient (Wildman–Crippen LogP) is 0.724. The Bertz CT molecular complexity index is 886. The van der Waals surface area contributed by atoms with Crippen LogP contribution in [0.25, 0.3) is 0 Å². The van der Waals surface area contributed by atoms with Crippen molar-refractivity contribution in [1.29, 1.82) is 0 Å². The molecule has 13 heteroatoms. The zero-order valence-corrected chi connectivity index (χ0v) is 19.2. The lowest BCUT2D eigenvalue weighted by Gasteiger charge is -2.34. The number of benzene rings is 1. The number of esters is 1. The average Bonchev–Trinajstić information content (AvgIpc) is 2.74. The lowest BCUT2D eigenvalue weighted by molar-refractivity contribution is -0.162. The van der Waals surface area contributed by atoms with Crippen LogP contribution >= 0.6 is 23.2 Å². The number of carbonyl (C=O) groups is 4. The molecule has 0 radical (unpaired) electrons. The summed E-state index contributed by atoms with van der Waals surface area (Å²) < 4.78 is 15.3. The molecule has 0 spiro atoms. The van der Waals surface area contributed by atoms with Gasteiger partial charge in [0.1, 0.15) is 6.04 Å². The van der Waals surface area contributed by atoms with Gasteiger partial charge in [-0.2, -0.15) is 0 Å². The van der Waals surface area contributed by atoms with E-state index in [4.69, 9.17) is 38.2 Å². The molecule has 10 nitrogen and oxygen atoms in total. The van der Waals surface area contributed by atoms with Gasteiger partial charge in [0.2, 0.25) is 5.91 Å². The van der Waals surface area contributed by atoms with Gasteiger partial charge in [-0.3, -0.25) is 14.4 Å². The number of carbonyl (C=O) groups excluding carboxylic acids is 4. The van der Waals surface area contributed by atoms with Crippen LogP contribution in [0.1, 0.15) is 30.6 Å². The van der Waals surface area contributed by atoms with E-state index < -0.39 is 55.5 Å². The van der Waals surface area contributed by atoms with Crippen LogP contribution in [0.2, 0.25) is 10.0 Å². The van der Waals surface area contributed by atoms with Gasteiger partial charge < -0.3 is 30.4 Å². The van der Waals surface area contributed by atoms with Gasteiger partial charge in [0.15, 0.2) is 6.10 Å². The van der Waals surface area contributed by atoms with Crippen molar-refractivity contribution < 1.29 is 33.2 Å². The van der Waals surface area contributed by atoms with Crippen molar-refractivity contribution in [2.75, 3.05) is 13.7 Å². The van der Waals surface area contributed by atoms with Gasteiger partial charge >= 0.3 is 19.1 Å². The molecule has 1 fully saturated rings. The highest BCUT2D eigenvalue weighted by Crippen LogP contribution is 2.21. The summed E-state index contributed by atoms with van der Waals surface area (Å²) in [4.78, 5) is 48.8. The van der Waals surface area contributed by atoms with E-state index >= 15 is 0 Å². The number of amides is 2. The summed E-state index contributed by atoms with van der Waals surface area (Å²) >= 11 is 11.9. The first-order valence-electron chi connectivity index (χ1n) is 9.75. The van der Waals surface area contributed by atoms with Crippen molar-refractivity contribution in [2.24, 2.45) is 11.7 Å². The molecule has 3 atom stereocenters. The third-order valence-electron chi connectivity index (χ3n) is 4.53. The molecule has 0 bridgehead atoms. The first-order valence-corrected chi connectivity index (χ1v) is 10.5. The van der Waals surface area contributed by atoms with Gasteiger partial charge in [-0.1, -0.05) is 37.0 Å². The second-order valence-corrected chi connectivity index (χ2v) is 8.36. The Morgan fingerprint density at radius 3 is 2.59 bits per heavy atom. The zero-order chi connectivity index (χ0) is 24.0. The second-order valence-electron chi connectivity index (χ2n) is 7.52. The minimum Gasteiger partial charge on any atom is -0.507 e. The minimum atomic E-state index is -1.37. The minimum absolute atomic E-state index is 0.0645. The van der Waals surface area contributed by atoms with Crippen molar-refractivity contribution in [3.8, 4) is 0 Å². The van der Waals surface area contributed by atoms with Crippen LogP contribution in [-0.2, 0) is 28.4 Å². The van der Waals surface area contributed by atoms with E-state index in [9.17, 15) is 19.2 Å². The Balaban J connectivity index is 2.05. The molecule has 1 aliphatic rings. The van der Waals surface area contributed by atoms with Crippen molar-refractivity contribution in [1.82, 2.24) is 10.6 Å². The Morgan fingerprint density at radius 1 is 1.28 bits per heavy atom. The maximum atomic E-state index is 12.5. The lowest BCUT2D eigenvalue weighted by Crippen LogP contribution is -2.63. The fourth-order valence-electron chi connectivity index (χ4n) is 3.00. The fourth-order valence-corrected chi connectivity index (χ4v) is 3.38. The lowest BCUT2D eigenvalue weighted by atomic mass is 9.72. The molecular formula is C19H24BCl2N3O7. The van der Waals surface area contributed by atoms with E-state index in [1.807, 2.05) is 13.8 Å². The van der Waals surface area contributed by atoms with Crippen LogP contribution in [-0.4, -0.2) is 62.6 Å². The SMILES string of the molecule is COC(=O)[C@@H]1OB([C@H](CC(C)C)NC(=O)CNC(=O)c2cc(Cl)ccc2Cl)OC(=O)[C@@H]1N. The molecule has 1 aromatic rings. The standard InChI is InChI=1S/C19H24BCl2N3O7/c1-9(2)6-13(20-31-16(19(29)30-3)15(23)18(28)32-20)25-14(26)8-24-17(27)11-7-10(21)4-5-12(11)22/h4-5,7,9,13,15-16H,6,8,23H2,1-3H3,(H,24,27)(H,25,26)/t13-,15+,16+/m0/s1. The molecular weight excluding hydrogens is 464 g/mol. The van der Waals surface area contributed by atoms with Crippen LogP contribution in [0, 0.1) is 5.92 Å².